The number of carbonyl (C=O) groups excluding carboxylic acids is 1. The summed E-state index contributed by atoms with van der Waals surface area (Å²) in [7, 11) is 3.13. The van der Waals surface area contributed by atoms with E-state index in [1.807, 2.05) is 37.3 Å². The first-order chi connectivity index (χ1) is 17.8. The number of allylic oxidation sites excluding steroid dienone is 1. The number of esters is 1. The Hall–Kier alpha value is -3.37. The van der Waals surface area contributed by atoms with Crippen LogP contribution in [0.5, 0.6) is 17.2 Å². The molecule has 1 aliphatic rings. The Kier molecular flexibility index (Phi) is 8.19. The first-order valence-corrected chi connectivity index (χ1v) is 13.3. The molecule has 8 nitrogen and oxygen atoms in total. The molecule has 0 bridgehead atoms. The molecule has 3 aromatic rings. The molecule has 0 saturated heterocycles. The summed E-state index contributed by atoms with van der Waals surface area (Å²) in [6.45, 7) is 6.01. The van der Waals surface area contributed by atoms with E-state index in [4.69, 9.17) is 18.9 Å². The van der Waals surface area contributed by atoms with Crippen LogP contribution in [0.2, 0.25) is 0 Å². The lowest BCUT2D eigenvalue weighted by atomic mass is 9.95. The zero-order valence-corrected chi connectivity index (χ0v) is 23.6. The molecule has 194 valence electrons. The fraction of sp³-hybridized carbons (Fsp3) is 0.296. The van der Waals surface area contributed by atoms with Gasteiger partial charge in [-0.05, 0) is 54.9 Å². The molecule has 0 amide bonds. The first-order valence-electron chi connectivity index (χ1n) is 11.7. The lowest BCUT2D eigenvalue weighted by Crippen LogP contribution is -2.40. The van der Waals surface area contributed by atoms with Crippen LogP contribution in [0.25, 0.3) is 6.08 Å². The summed E-state index contributed by atoms with van der Waals surface area (Å²) in [5.74, 6) is 1.22. The normalized spacial score (nSPS) is 15.2. The largest absolute Gasteiger partial charge is 0.496 e. The number of para-hydroxylation sites is 1. The Bertz CT molecular complexity index is 1560. The maximum atomic E-state index is 13.9. The first kappa shape index (κ1) is 26.7. The highest BCUT2D eigenvalue weighted by Crippen LogP contribution is 2.36. The standard InChI is InChI=1S/C27H27BrN2O6S/c1-6-35-19-11-9-8-10-17(19)24-23(26(32)36-7-2)15(3)29-27-30(24)25(31)22(37-27)13-16-12-18(28)21(34-5)14-20(16)33-4/h8-14,24H,6-7H2,1-5H3/b22-13-/t24-/m1/s1. The lowest BCUT2D eigenvalue weighted by Gasteiger charge is -2.26. The van der Waals surface area contributed by atoms with Crippen molar-refractivity contribution in [1.29, 1.82) is 0 Å². The summed E-state index contributed by atoms with van der Waals surface area (Å²) in [5, 5.41) is 0. The van der Waals surface area contributed by atoms with E-state index < -0.39 is 12.0 Å². The number of hydrogen-bond donors (Lipinski definition) is 0. The van der Waals surface area contributed by atoms with Gasteiger partial charge in [0.1, 0.15) is 23.3 Å². The van der Waals surface area contributed by atoms with Gasteiger partial charge in [0.2, 0.25) is 0 Å². The summed E-state index contributed by atoms with van der Waals surface area (Å²) in [6, 6.07) is 10.2. The molecule has 4 rings (SSSR count). The van der Waals surface area contributed by atoms with Crippen molar-refractivity contribution >= 4 is 39.3 Å². The number of ether oxygens (including phenoxy) is 4. The average molecular weight is 587 g/mol. The monoisotopic (exact) mass is 586 g/mol. The van der Waals surface area contributed by atoms with E-state index in [-0.39, 0.29) is 12.2 Å². The lowest BCUT2D eigenvalue weighted by molar-refractivity contribution is -0.139. The minimum absolute atomic E-state index is 0.200. The molecule has 37 heavy (non-hydrogen) atoms. The van der Waals surface area contributed by atoms with Gasteiger partial charge in [0.05, 0.1) is 47.7 Å². The molecule has 0 saturated carbocycles. The predicted molar refractivity (Wildman–Crippen MR) is 145 cm³/mol. The molecule has 1 aliphatic heterocycles. The van der Waals surface area contributed by atoms with Crippen LogP contribution in [-0.4, -0.2) is 38.0 Å². The van der Waals surface area contributed by atoms with E-state index in [9.17, 15) is 9.59 Å². The van der Waals surface area contributed by atoms with Crippen molar-refractivity contribution in [2.75, 3.05) is 27.4 Å². The number of methoxy groups -OCH3 is 2. The van der Waals surface area contributed by atoms with Crippen LogP contribution < -0.4 is 29.1 Å². The second kappa shape index (κ2) is 11.4. The maximum absolute atomic E-state index is 13.9. The second-order valence-electron chi connectivity index (χ2n) is 8.00. The second-order valence-corrected chi connectivity index (χ2v) is 9.87. The molecular weight excluding hydrogens is 560 g/mol. The van der Waals surface area contributed by atoms with Crippen molar-refractivity contribution in [2.24, 2.45) is 4.99 Å². The Morgan fingerprint density at radius 1 is 1.11 bits per heavy atom. The molecule has 0 radical (unpaired) electrons. The highest BCUT2D eigenvalue weighted by Gasteiger charge is 2.35. The van der Waals surface area contributed by atoms with Crippen molar-refractivity contribution in [3.63, 3.8) is 0 Å². The number of fused-ring (bicyclic) bond motifs is 1. The predicted octanol–water partition coefficient (Wildman–Crippen LogP) is 3.98. The Labute approximate surface area is 226 Å². The zero-order chi connectivity index (χ0) is 26.7. The number of halogens is 1. The molecule has 2 heterocycles. The quantitative estimate of drug-likeness (QED) is 0.371. The van der Waals surface area contributed by atoms with Gasteiger partial charge in [-0.15, -0.1) is 0 Å². The Morgan fingerprint density at radius 3 is 2.51 bits per heavy atom. The SMILES string of the molecule is CCOC(=O)C1=C(C)N=c2s/c(=C\c3cc(Br)c(OC)cc3OC)c(=O)n2[C@@H]1c1ccccc1OCC. The van der Waals surface area contributed by atoms with E-state index in [0.29, 0.717) is 55.6 Å². The van der Waals surface area contributed by atoms with Crippen LogP contribution in [0, 0.1) is 0 Å². The van der Waals surface area contributed by atoms with E-state index in [0.717, 1.165) is 4.47 Å². The van der Waals surface area contributed by atoms with Crippen molar-refractivity contribution in [3.05, 3.63) is 83.0 Å². The third kappa shape index (κ3) is 5.08. The minimum atomic E-state index is -0.760. The fourth-order valence-corrected chi connectivity index (χ4v) is 5.78. The number of aromatic nitrogens is 1. The number of nitrogens with zero attached hydrogens (tertiary/aromatic N) is 2. The van der Waals surface area contributed by atoms with E-state index >= 15 is 0 Å². The van der Waals surface area contributed by atoms with Crippen LogP contribution in [-0.2, 0) is 9.53 Å². The molecule has 1 atom stereocenters. The van der Waals surface area contributed by atoms with Gasteiger partial charge in [-0.25, -0.2) is 9.79 Å². The summed E-state index contributed by atoms with van der Waals surface area (Å²) in [5.41, 5.74) is 1.88. The van der Waals surface area contributed by atoms with Gasteiger partial charge in [0.15, 0.2) is 4.80 Å². The number of rotatable bonds is 8. The summed E-state index contributed by atoms with van der Waals surface area (Å²) in [4.78, 5) is 32.1. The van der Waals surface area contributed by atoms with Gasteiger partial charge >= 0.3 is 5.97 Å². The van der Waals surface area contributed by atoms with Crippen molar-refractivity contribution in [2.45, 2.75) is 26.8 Å². The van der Waals surface area contributed by atoms with Crippen molar-refractivity contribution in [3.8, 4) is 17.2 Å². The fourth-order valence-electron chi connectivity index (χ4n) is 4.22. The molecule has 2 aromatic carbocycles. The van der Waals surface area contributed by atoms with Crippen LogP contribution in [0.3, 0.4) is 0 Å². The number of thiazole rings is 1. The van der Waals surface area contributed by atoms with Gasteiger partial charge in [-0.1, -0.05) is 29.5 Å². The maximum Gasteiger partial charge on any atom is 0.338 e. The zero-order valence-electron chi connectivity index (χ0n) is 21.2. The average Bonchev–Trinajstić information content (AvgIpc) is 3.18. The van der Waals surface area contributed by atoms with Gasteiger partial charge < -0.3 is 18.9 Å². The van der Waals surface area contributed by atoms with Crippen LogP contribution >= 0.6 is 27.3 Å². The molecule has 1 aromatic heterocycles. The minimum Gasteiger partial charge on any atom is -0.496 e. The molecule has 0 unspecified atom stereocenters. The Morgan fingerprint density at radius 2 is 1.84 bits per heavy atom. The smallest absolute Gasteiger partial charge is 0.338 e. The number of carbonyl (C=O) groups is 1. The van der Waals surface area contributed by atoms with Gasteiger partial charge in [0, 0.05) is 17.2 Å². The van der Waals surface area contributed by atoms with Crippen LogP contribution in [0.4, 0.5) is 0 Å². The van der Waals surface area contributed by atoms with Crippen molar-refractivity contribution in [1.82, 2.24) is 4.57 Å². The van der Waals surface area contributed by atoms with Gasteiger partial charge in [-0.3, -0.25) is 9.36 Å². The molecule has 10 heteroatoms. The third-order valence-corrected chi connectivity index (χ3v) is 7.42. The van der Waals surface area contributed by atoms with Crippen molar-refractivity contribution < 1.29 is 23.7 Å². The van der Waals surface area contributed by atoms with Gasteiger partial charge in [0.25, 0.3) is 5.56 Å². The van der Waals surface area contributed by atoms with Crippen LogP contribution in [0.15, 0.2) is 61.9 Å². The van der Waals surface area contributed by atoms with E-state index in [1.165, 1.54) is 11.3 Å². The number of hydrogen-bond acceptors (Lipinski definition) is 8. The van der Waals surface area contributed by atoms with E-state index in [1.54, 1.807) is 44.8 Å². The topological polar surface area (TPSA) is 88.4 Å². The number of benzene rings is 2. The summed E-state index contributed by atoms with van der Waals surface area (Å²) >= 11 is 4.74. The Balaban J connectivity index is 1.99. The van der Waals surface area contributed by atoms with Crippen LogP contribution in [0.1, 0.15) is 37.9 Å². The molecule has 0 N–H and O–H groups in total. The van der Waals surface area contributed by atoms with Gasteiger partial charge in [-0.2, -0.15) is 0 Å². The summed E-state index contributed by atoms with van der Waals surface area (Å²) < 4.78 is 24.8. The molecule has 0 spiro atoms. The molecule has 0 aliphatic carbocycles. The molecular formula is C27H27BrN2O6S. The van der Waals surface area contributed by atoms with E-state index in [2.05, 4.69) is 20.9 Å². The summed E-state index contributed by atoms with van der Waals surface area (Å²) in [6.07, 6.45) is 1.75. The third-order valence-electron chi connectivity index (χ3n) is 5.82. The highest BCUT2D eigenvalue weighted by molar-refractivity contribution is 9.10. The highest BCUT2D eigenvalue weighted by atomic mass is 79.9. The molecule has 0 fully saturated rings.